The van der Waals surface area contributed by atoms with Gasteiger partial charge < -0.3 is 11.1 Å². The summed E-state index contributed by atoms with van der Waals surface area (Å²) in [4.78, 5) is 25.6. The van der Waals surface area contributed by atoms with Gasteiger partial charge >= 0.3 is 0 Å². The van der Waals surface area contributed by atoms with Crippen LogP contribution in [0.3, 0.4) is 0 Å². The summed E-state index contributed by atoms with van der Waals surface area (Å²) in [6, 6.07) is 1.62. The third-order valence-corrected chi connectivity index (χ3v) is 2.02. The molecule has 15 heavy (non-hydrogen) atoms. The van der Waals surface area contributed by atoms with Crippen molar-refractivity contribution in [2.75, 3.05) is 5.88 Å². The number of amides is 2. The maximum Gasteiger partial charge on any atom is 0.250 e. The van der Waals surface area contributed by atoms with E-state index < -0.39 is 5.91 Å². The quantitative estimate of drug-likeness (QED) is 0.712. The van der Waals surface area contributed by atoms with Crippen LogP contribution in [0.1, 0.15) is 15.9 Å². The SMILES string of the molecule is NC(=O)c1cnccc1CNC(=O)CCl. The first-order valence-corrected chi connectivity index (χ1v) is 4.74. The number of nitrogens with two attached hydrogens (primary N) is 1. The zero-order valence-electron chi connectivity index (χ0n) is 7.87. The number of primary amides is 1. The molecular weight excluding hydrogens is 218 g/mol. The Morgan fingerprint density at radius 2 is 2.27 bits per heavy atom. The highest BCUT2D eigenvalue weighted by molar-refractivity contribution is 6.27. The Kier molecular flexibility index (Phi) is 4.05. The molecule has 1 aromatic heterocycles. The van der Waals surface area contributed by atoms with E-state index in [-0.39, 0.29) is 18.3 Å². The average Bonchev–Trinajstić information content (AvgIpc) is 2.26. The number of rotatable bonds is 4. The average molecular weight is 228 g/mol. The summed E-state index contributed by atoms with van der Waals surface area (Å²) in [5, 5.41) is 2.54. The lowest BCUT2D eigenvalue weighted by Crippen LogP contribution is -2.25. The van der Waals surface area contributed by atoms with Crippen molar-refractivity contribution in [3.8, 4) is 0 Å². The molecule has 0 unspecified atom stereocenters. The van der Waals surface area contributed by atoms with Gasteiger partial charge in [0.25, 0.3) is 5.91 Å². The Morgan fingerprint density at radius 1 is 1.53 bits per heavy atom. The second-order valence-electron chi connectivity index (χ2n) is 2.81. The highest BCUT2D eigenvalue weighted by atomic mass is 35.5. The molecule has 0 saturated carbocycles. The van der Waals surface area contributed by atoms with Gasteiger partial charge in [0, 0.05) is 18.9 Å². The van der Waals surface area contributed by atoms with Crippen LogP contribution in [0.15, 0.2) is 18.5 Å². The molecule has 1 aromatic rings. The van der Waals surface area contributed by atoms with Gasteiger partial charge in [0.2, 0.25) is 5.91 Å². The molecule has 0 radical (unpaired) electrons. The molecule has 1 rings (SSSR count). The molecule has 0 aromatic carbocycles. The molecule has 5 nitrogen and oxygen atoms in total. The summed E-state index contributed by atoms with van der Waals surface area (Å²) >= 11 is 5.30. The first-order chi connectivity index (χ1) is 7.15. The Hall–Kier alpha value is -1.62. The fourth-order valence-electron chi connectivity index (χ4n) is 1.04. The van der Waals surface area contributed by atoms with Crippen molar-refractivity contribution in [3.63, 3.8) is 0 Å². The monoisotopic (exact) mass is 227 g/mol. The van der Waals surface area contributed by atoms with Crippen LogP contribution >= 0.6 is 11.6 Å². The number of nitrogens with zero attached hydrogens (tertiary/aromatic N) is 1. The van der Waals surface area contributed by atoms with Crippen LogP contribution in [-0.2, 0) is 11.3 Å². The molecule has 0 bridgehead atoms. The van der Waals surface area contributed by atoms with Crippen LogP contribution in [-0.4, -0.2) is 22.7 Å². The van der Waals surface area contributed by atoms with Crippen molar-refractivity contribution in [2.24, 2.45) is 5.73 Å². The minimum atomic E-state index is -0.571. The maximum atomic E-state index is 11.0. The number of alkyl halides is 1. The van der Waals surface area contributed by atoms with Gasteiger partial charge in [-0.25, -0.2) is 0 Å². The number of aromatic nitrogens is 1. The van der Waals surface area contributed by atoms with Crippen molar-refractivity contribution in [1.82, 2.24) is 10.3 Å². The molecule has 0 saturated heterocycles. The van der Waals surface area contributed by atoms with Gasteiger partial charge in [0.15, 0.2) is 0 Å². The predicted octanol–water partition coefficient (Wildman–Crippen LogP) is 0.0355. The van der Waals surface area contributed by atoms with Gasteiger partial charge in [-0.05, 0) is 11.6 Å². The fraction of sp³-hybridized carbons (Fsp3) is 0.222. The molecule has 0 spiro atoms. The summed E-state index contributed by atoms with van der Waals surface area (Å²) in [7, 11) is 0. The number of hydrogen-bond donors (Lipinski definition) is 2. The number of halogens is 1. The van der Waals surface area contributed by atoms with E-state index in [4.69, 9.17) is 17.3 Å². The summed E-state index contributed by atoms with van der Waals surface area (Å²) < 4.78 is 0. The first-order valence-electron chi connectivity index (χ1n) is 4.20. The standard InChI is InChI=1S/C9H10ClN3O2/c10-3-8(14)13-4-6-1-2-12-5-7(6)9(11)15/h1-2,5H,3-4H2,(H2,11,15)(H,13,14). The topological polar surface area (TPSA) is 85.1 Å². The number of hydrogen-bond acceptors (Lipinski definition) is 3. The molecule has 0 aliphatic rings. The van der Waals surface area contributed by atoms with Gasteiger partial charge in [-0.1, -0.05) is 0 Å². The maximum absolute atomic E-state index is 11.0. The predicted molar refractivity (Wildman–Crippen MR) is 55.3 cm³/mol. The number of nitrogens with one attached hydrogen (secondary N) is 1. The van der Waals surface area contributed by atoms with Crippen molar-refractivity contribution in [2.45, 2.75) is 6.54 Å². The lowest BCUT2D eigenvalue weighted by molar-refractivity contribution is -0.118. The van der Waals surface area contributed by atoms with Crippen LogP contribution < -0.4 is 11.1 Å². The number of carbonyl (C=O) groups is 2. The van der Waals surface area contributed by atoms with E-state index in [1.165, 1.54) is 12.4 Å². The number of pyridine rings is 1. The Labute approximate surface area is 91.6 Å². The van der Waals surface area contributed by atoms with Gasteiger partial charge in [-0.15, -0.1) is 11.6 Å². The van der Waals surface area contributed by atoms with E-state index in [1.807, 2.05) is 0 Å². The molecular formula is C9H10ClN3O2. The lowest BCUT2D eigenvalue weighted by atomic mass is 10.1. The second-order valence-corrected chi connectivity index (χ2v) is 3.07. The number of carbonyl (C=O) groups excluding carboxylic acids is 2. The van der Waals surface area contributed by atoms with Crippen molar-refractivity contribution in [3.05, 3.63) is 29.6 Å². The zero-order valence-corrected chi connectivity index (χ0v) is 8.62. The van der Waals surface area contributed by atoms with Crippen molar-refractivity contribution < 1.29 is 9.59 Å². The third-order valence-electron chi connectivity index (χ3n) is 1.77. The Balaban J connectivity index is 2.76. The third kappa shape index (κ3) is 3.21. The molecule has 0 aliphatic heterocycles. The molecule has 0 aliphatic carbocycles. The molecule has 0 fully saturated rings. The van der Waals surface area contributed by atoms with E-state index in [2.05, 4.69) is 10.3 Å². The van der Waals surface area contributed by atoms with Gasteiger partial charge in [0.05, 0.1) is 5.56 Å². The molecule has 1 heterocycles. The molecule has 6 heteroatoms. The van der Waals surface area contributed by atoms with E-state index in [0.717, 1.165) is 0 Å². The Morgan fingerprint density at radius 3 is 2.87 bits per heavy atom. The van der Waals surface area contributed by atoms with Gasteiger partial charge in [0.1, 0.15) is 5.88 Å². The van der Waals surface area contributed by atoms with Crippen LogP contribution in [0, 0.1) is 0 Å². The molecule has 3 N–H and O–H groups in total. The normalized spacial score (nSPS) is 9.67. The minimum Gasteiger partial charge on any atom is -0.366 e. The van der Waals surface area contributed by atoms with Gasteiger partial charge in [-0.3, -0.25) is 14.6 Å². The highest BCUT2D eigenvalue weighted by Gasteiger charge is 2.08. The Bertz CT molecular complexity index is 381. The smallest absolute Gasteiger partial charge is 0.250 e. The van der Waals surface area contributed by atoms with Gasteiger partial charge in [-0.2, -0.15) is 0 Å². The van der Waals surface area contributed by atoms with Crippen LogP contribution in [0.5, 0.6) is 0 Å². The first kappa shape index (κ1) is 11.5. The van der Waals surface area contributed by atoms with Crippen LogP contribution in [0.4, 0.5) is 0 Å². The summed E-state index contributed by atoms with van der Waals surface area (Å²) in [6.45, 7) is 0.215. The van der Waals surface area contributed by atoms with Crippen molar-refractivity contribution >= 4 is 23.4 Å². The van der Waals surface area contributed by atoms with E-state index in [0.29, 0.717) is 11.1 Å². The second kappa shape index (κ2) is 5.31. The molecule has 80 valence electrons. The summed E-state index contributed by atoms with van der Waals surface area (Å²) in [5.41, 5.74) is 6.06. The van der Waals surface area contributed by atoms with Crippen LogP contribution in [0.2, 0.25) is 0 Å². The van der Waals surface area contributed by atoms with E-state index in [1.54, 1.807) is 6.07 Å². The summed E-state index contributed by atoms with van der Waals surface area (Å²) in [5.74, 6) is -0.987. The van der Waals surface area contributed by atoms with E-state index >= 15 is 0 Å². The van der Waals surface area contributed by atoms with Crippen molar-refractivity contribution in [1.29, 1.82) is 0 Å². The fourth-order valence-corrected chi connectivity index (χ4v) is 1.13. The highest BCUT2D eigenvalue weighted by Crippen LogP contribution is 2.05. The van der Waals surface area contributed by atoms with E-state index in [9.17, 15) is 9.59 Å². The molecule has 0 atom stereocenters. The minimum absolute atomic E-state index is 0.114. The zero-order chi connectivity index (χ0) is 11.3. The van der Waals surface area contributed by atoms with Crippen LogP contribution in [0.25, 0.3) is 0 Å². The largest absolute Gasteiger partial charge is 0.366 e. The lowest BCUT2D eigenvalue weighted by Gasteiger charge is -2.06. The summed E-state index contributed by atoms with van der Waals surface area (Å²) in [6.07, 6.45) is 2.89. The molecule has 2 amide bonds.